The van der Waals surface area contributed by atoms with Gasteiger partial charge in [-0.05, 0) is 24.3 Å². The van der Waals surface area contributed by atoms with Crippen LogP contribution in [0.15, 0.2) is 60.9 Å². The van der Waals surface area contributed by atoms with E-state index in [1.165, 1.54) is 6.07 Å². The number of hydrogen-bond donors (Lipinski definition) is 1. The molecular formula is C15H11F2N3. The van der Waals surface area contributed by atoms with Crippen molar-refractivity contribution in [2.45, 2.75) is 0 Å². The lowest BCUT2D eigenvalue weighted by Crippen LogP contribution is -1.93. The van der Waals surface area contributed by atoms with Gasteiger partial charge < -0.3 is 5.32 Å². The number of para-hydroxylation sites is 1. The Kier molecular flexibility index (Phi) is 3.16. The van der Waals surface area contributed by atoms with Crippen LogP contribution in [0.2, 0.25) is 0 Å². The molecule has 0 radical (unpaired) electrons. The topological polar surface area (TPSA) is 29.9 Å². The molecule has 0 atom stereocenters. The van der Waals surface area contributed by atoms with Crippen LogP contribution in [-0.4, -0.2) is 9.78 Å². The third-order valence-electron chi connectivity index (χ3n) is 2.81. The van der Waals surface area contributed by atoms with Crippen LogP contribution in [0.3, 0.4) is 0 Å². The maximum Gasteiger partial charge on any atom is 0.160 e. The van der Waals surface area contributed by atoms with Crippen LogP contribution >= 0.6 is 0 Å². The first-order valence-corrected chi connectivity index (χ1v) is 6.04. The summed E-state index contributed by atoms with van der Waals surface area (Å²) in [5.74, 6) is -1.75. The number of hydrogen-bond acceptors (Lipinski definition) is 2. The highest BCUT2D eigenvalue weighted by Gasteiger charge is 2.04. The van der Waals surface area contributed by atoms with E-state index in [-0.39, 0.29) is 0 Å². The van der Waals surface area contributed by atoms with Gasteiger partial charge in [0, 0.05) is 11.8 Å². The lowest BCUT2D eigenvalue weighted by Gasteiger charge is -2.03. The van der Waals surface area contributed by atoms with Gasteiger partial charge in [0.2, 0.25) is 0 Å². The minimum atomic E-state index is -0.884. The number of nitrogens with zero attached hydrogens (tertiary/aromatic N) is 2. The summed E-state index contributed by atoms with van der Waals surface area (Å²) in [5.41, 5.74) is 2.09. The average Bonchev–Trinajstić information content (AvgIpc) is 2.92. The Morgan fingerprint density at radius 2 is 1.70 bits per heavy atom. The summed E-state index contributed by atoms with van der Waals surface area (Å²) < 4.78 is 27.7. The molecule has 0 saturated carbocycles. The Hall–Kier alpha value is -2.69. The highest BCUT2D eigenvalue weighted by atomic mass is 19.2. The molecule has 3 rings (SSSR count). The molecular weight excluding hydrogens is 260 g/mol. The number of benzene rings is 2. The third-order valence-corrected chi connectivity index (χ3v) is 2.81. The lowest BCUT2D eigenvalue weighted by atomic mass is 10.3. The minimum absolute atomic E-state index is 0.469. The molecule has 1 aromatic heterocycles. The number of rotatable bonds is 3. The van der Waals surface area contributed by atoms with Gasteiger partial charge in [-0.3, -0.25) is 0 Å². The fourth-order valence-electron chi connectivity index (χ4n) is 1.85. The zero-order valence-corrected chi connectivity index (χ0v) is 10.4. The first-order valence-electron chi connectivity index (χ1n) is 6.04. The van der Waals surface area contributed by atoms with Crippen molar-refractivity contribution in [2.75, 3.05) is 5.32 Å². The molecule has 0 amide bonds. The smallest absolute Gasteiger partial charge is 0.160 e. The molecule has 20 heavy (non-hydrogen) atoms. The van der Waals surface area contributed by atoms with Crippen molar-refractivity contribution >= 4 is 11.4 Å². The second kappa shape index (κ2) is 5.13. The van der Waals surface area contributed by atoms with Gasteiger partial charge in [-0.2, -0.15) is 5.10 Å². The van der Waals surface area contributed by atoms with Crippen molar-refractivity contribution < 1.29 is 8.78 Å². The predicted octanol–water partition coefficient (Wildman–Crippen LogP) is 3.89. The second-order valence-corrected chi connectivity index (χ2v) is 4.26. The summed E-state index contributed by atoms with van der Waals surface area (Å²) in [4.78, 5) is 0. The molecule has 0 spiro atoms. The molecule has 1 N–H and O–H groups in total. The molecule has 5 heteroatoms. The van der Waals surface area contributed by atoms with Crippen LogP contribution in [-0.2, 0) is 0 Å². The molecule has 0 unspecified atom stereocenters. The molecule has 0 aliphatic rings. The van der Waals surface area contributed by atoms with Gasteiger partial charge in [0.25, 0.3) is 0 Å². The Morgan fingerprint density at radius 1 is 0.900 bits per heavy atom. The summed E-state index contributed by atoms with van der Waals surface area (Å²) in [5, 5.41) is 7.18. The van der Waals surface area contributed by atoms with Crippen molar-refractivity contribution in [3.8, 4) is 5.69 Å². The molecule has 3 aromatic rings. The fourth-order valence-corrected chi connectivity index (χ4v) is 1.85. The lowest BCUT2D eigenvalue weighted by molar-refractivity contribution is 0.509. The van der Waals surface area contributed by atoms with Crippen LogP contribution < -0.4 is 5.32 Å². The van der Waals surface area contributed by atoms with Gasteiger partial charge in [0.15, 0.2) is 11.6 Å². The monoisotopic (exact) mass is 271 g/mol. The predicted molar refractivity (Wildman–Crippen MR) is 73.2 cm³/mol. The second-order valence-electron chi connectivity index (χ2n) is 4.26. The van der Waals surface area contributed by atoms with Crippen molar-refractivity contribution in [2.24, 2.45) is 0 Å². The van der Waals surface area contributed by atoms with E-state index >= 15 is 0 Å². The number of halogens is 2. The van der Waals surface area contributed by atoms with Gasteiger partial charge >= 0.3 is 0 Å². The van der Waals surface area contributed by atoms with Crippen LogP contribution in [0.1, 0.15) is 0 Å². The van der Waals surface area contributed by atoms with Gasteiger partial charge in [-0.25, -0.2) is 13.5 Å². The Balaban J connectivity index is 1.82. The average molecular weight is 271 g/mol. The highest BCUT2D eigenvalue weighted by molar-refractivity contribution is 5.58. The van der Waals surface area contributed by atoms with Crippen LogP contribution in [0.25, 0.3) is 5.69 Å². The van der Waals surface area contributed by atoms with E-state index in [9.17, 15) is 8.78 Å². The molecule has 0 aliphatic heterocycles. The SMILES string of the molecule is Fc1ccc(Nc2cnn(-c3ccccc3)c2)cc1F. The third kappa shape index (κ3) is 2.51. The van der Waals surface area contributed by atoms with Gasteiger partial charge in [0.05, 0.1) is 23.8 Å². The summed E-state index contributed by atoms with van der Waals surface area (Å²) in [7, 11) is 0. The molecule has 0 aliphatic carbocycles. The zero-order chi connectivity index (χ0) is 13.9. The highest BCUT2D eigenvalue weighted by Crippen LogP contribution is 2.19. The van der Waals surface area contributed by atoms with Gasteiger partial charge in [-0.15, -0.1) is 0 Å². The van der Waals surface area contributed by atoms with Crippen LogP contribution in [0, 0.1) is 11.6 Å². The Labute approximate surface area is 114 Å². The fraction of sp³-hybridized carbons (Fsp3) is 0. The normalized spacial score (nSPS) is 10.5. The minimum Gasteiger partial charge on any atom is -0.353 e. The molecule has 1 heterocycles. The van der Waals surface area contributed by atoms with E-state index in [1.807, 2.05) is 30.3 Å². The van der Waals surface area contributed by atoms with E-state index in [1.54, 1.807) is 17.1 Å². The van der Waals surface area contributed by atoms with E-state index in [4.69, 9.17) is 0 Å². The molecule has 0 saturated heterocycles. The van der Waals surface area contributed by atoms with Gasteiger partial charge in [-0.1, -0.05) is 18.2 Å². The number of anilines is 2. The van der Waals surface area contributed by atoms with Crippen LogP contribution in [0.5, 0.6) is 0 Å². The summed E-state index contributed by atoms with van der Waals surface area (Å²) in [6.07, 6.45) is 3.39. The molecule has 0 fully saturated rings. The molecule has 100 valence electrons. The van der Waals surface area contributed by atoms with Crippen molar-refractivity contribution in [3.05, 3.63) is 72.6 Å². The summed E-state index contributed by atoms with van der Waals surface area (Å²) in [6, 6.07) is 13.3. The van der Waals surface area contributed by atoms with E-state index in [2.05, 4.69) is 10.4 Å². The molecule has 3 nitrogen and oxygen atoms in total. The zero-order valence-electron chi connectivity index (χ0n) is 10.4. The van der Waals surface area contributed by atoms with E-state index in [0.29, 0.717) is 11.4 Å². The maximum atomic E-state index is 13.1. The largest absolute Gasteiger partial charge is 0.353 e. The first-order chi connectivity index (χ1) is 9.72. The molecule has 0 bridgehead atoms. The van der Waals surface area contributed by atoms with Gasteiger partial charge in [0.1, 0.15) is 0 Å². The quantitative estimate of drug-likeness (QED) is 0.783. The molecule has 2 aromatic carbocycles. The van der Waals surface area contributed by atoms with Crippen molar-refractivity contribution in [3.63, 3.8) is 0 Å². The number of nitrogens with one attached hydrogen (secondary N) is 1. The first kappa shape index (κ1) is 12.3. The number of aromatic nitrogens is 2. The summed E-state index contributed by atoms with van der Waals surface area (Å²) >= 11 is 0. The van der Waals surface area contributed by atoms with Crippen LogP contribution in [0.4, 0.5) is 20.2 Å². The standard InChI is InChI=1S/C15H11F2N3/c16-14-7-6-11(8-15(14)17)19-12-9-18-20(10-12)13-4-2-1-3-5-13/h1-10,19H. The Morgan fingerprint density at radius 3 is 2.45 bits per heavy atom. The van der Waals surface area contributed by atoms with E-state index < -0.39 is 11.6 Å². The van der Waals surface area contributed by atoms with E-state index in [0.717, 1.165) is 17.8 Å². The van der Waals surface area contributed by atoms with Crippen molar-refractivity contribution in [1.82, 2.24) is 9.78 Å². The Bertz CT molecular complexity index is 723. The van der Waals surface area contributed by atoms with Crippen molar-refractivity contribution in [1.29, 1.82) is 0 Å². The summed E-state index contributed by atoms with van der Waals surface area (Å²) in [6.45, 7) is 0. The maximum absolute atomic E-state index is 13.1.